The maximum atomic E-state index is 11.6. The molecular weight excluding hydrogens is 204 g/mol. The second-order valence-corrected chi connectivity index (χ2v) is 6.09. The van der Waals surface area contributed by atoms with Gasteiger partial charge in [-0.3, -0.25) is 4.79 Å². The second-order valence-electron chi connectivity index (χ2n) is 6.09. The van der Waals surface area contributed by atoms with Crippen LogP contribution in [0.1, 0.15) is 38.5 Å². The smallest absolute Gasteiger partial charge is 0.306 e. The lowest BCUT2D eigenvalue weighted by molar-refractivity contribution is -0.148. The van der Waals surface area contributed by atoms with E-state index in [1.807, 2.05) is 0 Å². The molecule has 0 spiro atoms. The number of rotatable bonds is 4. The van der Waals surface area contributed by atoms with Crippen molar-refractivity contribution >= 4 is 5.97 Å². The van der Waals surface area contributed by atoms with Crippen molar-refractivity contribution in [2.45, 2.75) is 38.5 Å². The summed E-state index contributed by atoms with van der Waals surface area (Å²) in [7, 11) is 0. The topological polar surface area (TPSA) is 46.5 Å². The van der Waals surface area contributed by atoms with Crippen molar-refractivity contribution in [2.24, 2.45) is 23.2 Å². The number of aliphatic hydroxyl groups excluding tert-OH is 1. The van der Waals surface area contributed by atoms with Crippen molar-refractivity contribution in [1.29, 1.82) is 0 Å². The van der Waals surface area contributed by atoms with Gasteiger partial charge in [0.1, 0.15) is 6.61 Å². The molecule has 4 aliphatic carbocycles. The number of aliphatic hydroxyl groups is 1. The number of ether oxygens (including phenoxy) is 1. The Labute approximate surface area is 96.2 Å². The molecule has 0 saturated heterocycles. The molecule has 4 bridgehead atoms. The SMILES string of the molecule is O=C(CC12CC3CC(C1)C(C3)C2)OCCO. The predicted octanol–water partition coefficient (Wildman–Crippen LogP) is 1.74. The Balaban J connectivity index is 1.61. The molecule has 1 N–H and O–H groups in total. The minimum Gasteiger partial charge on any atom is -0.463 e. The predicted molar refractivity (Wildman–Crippen MR) is 58.6 cm³/mol. The van der Waals surface area contributed by atoms with E-state index >= 15 is 0 Å². The molecule has 2 atom stereocenters. The van der Waals surface area contributed by atoms with Gasteiger partial charge >= 0.3 is 5.97 Å². The molecule has 0 heterocycles. The summed E-state index contributed by atoms with van der Waals surface area (Å²) in [5, 5.41) is 8.62. The third-order valence-electron chi connectivity index (χ3n) is 4.92. The van der Waals surface area contributed by atoms with E-state index in [1.54, 1.807) is 0 Å². The summed E-state index contributed by atoms with van der Waals surface area (Å²) in [6, 6.07) is 0. The Morgan fingerprint density at radius 1 is 1.25 bits per heavy atom. The monoisotopic (exact) mass is 224 g/mol. The van der Waals surface area contributed by atoms with Gasteiger partial charge in [-0.2, -0.15) is 0 Å². The average molecular weight is 224 g/mol. The molecule has 0 aromatic rings. The van der Waals surface area contributed by atoms with E-state index in [2.05, 4.69) is 0 Å². The van der Waals surface area contributed by atoms with Crippen molar-refractivity contribution in [3.8, 4) is 0 Å². The van der Waals surface area contributed by atoms with Crippen LogP contribution in [-0.2, 0) is 9.53 Å². The number of hydrogen-bond donors (Lipinski definition) is 1. The average Bonchev–Trinajstić information content (AvgIpc) is 2.63. The van der Waals surface area contributed by atoms with Crippen LogP contribution >= 0.6 is 0 Å². The first-order valence-electron chi connectivity index (χ1n) is 6.47. The molecule has 90 valence electrons. The summed E-state index contributed by atoms with van der Waals surface area (Å²) < 4.78 is 5.00. The second kappa shape index (κ2) is 3.73. The normalized spacial score (nSPS) is 43.9. The highest BCUT2D eigenvalue weighted by Gasteiger charge is 2.56. The summed E-state index contributed by atoms with van der Waals surface area (Å²) in [5.41, 5.74) is 0.281. The Kier molecular flexibility index (Phi) is 2.46. The number of esters is 1. The van der Waals surface area contributed by atoms with Crippen molar-refractivity contribution < 1.29 is 14.6 Å². The highest BCUT2D eigenvalue weighted by atomic mass is 16.5. The molecule has 4 saturated carbocycles. The van der Waals surface area contributed by atoms with Gasteiger partial charge in [0.25, 0.3) is 0 Å². The zero-order valence-electron chi connectivity index (χ0n) is 9.65. The van der Waals surface area contributed by atoms with Crippen LogP contribution < -0.4 is 0 Å². The van der Waals surface area contributed by atoms with Crippen molar-refractivity contribution in [3.63, 3.8) is 0 Å². The lowest BCUT2D eigenvalue weighted by Gasteiger charge is -2.37. The molecule has 16 heavy (non-hydrogen) atoms. The number of carbonyl (C=O) groups is 1. The molecule has 3 heteroatoms. The molecule has 4 aliphatic rings. The first-order chi connectivity index (χ1) is 7.71. The summed E-state index contributed by atoms with van der Waals surface area (Å²) in [5.74, 6) is 2.60. The fourth-order valence-electron chi connectivity index (χ4n) is 4.71. The van der Waals surface area contributed by atoms with Crippen molar-refractivity contribution in [1.82, 2.24) is 0 Å². The van der Waals surface area contributed by atoms with Crippen LogP contribution in [0, 0.1) is 23.2 Å². The molecule has 0 amide bonds. The van der Waals surface area contributed by atoms with Gasteiger partial charge in [0.2, 0.25) is 0 Å². The number of carbonyl (C=O) groups excluding carboxylic acids is 1. The summed E-state index contributed by atoms with van der Waals surface area (Å²) >= 11 is 0. The van der Waals surface area contributed by atoms with Crippen molar-refractivity contribution in [3.05, 3.63) is 0 Å². The molecule has 4 rings (SSSR count). The first-order valence-corrected chi connectivity index (χ1v) is 6.47. The van der Waals surface area contributed by atoms with Crippen LogP contribution in [0.15, 0.2) is 0 Å². The summed E-state index contributed by atoms with van der Waals surface area (Å²) in [4.78, 5) is 11.6. The van der Waals surface area contributed by atoms with E-state index < -0.39 is 0 Å². The van der Waals surface area contributed by atoms with Gasteiger partial charge in [-0.1, -0.05) is 0 Å². The first kappa shape index (κ1) is 10.6. The van der Waals surface area contributed by atoms with Crippen LogP contribution in [0.2, 0.25) is 0 Å². The zero-order chi connectivity index (χ0) is 11.2. The van der Waals surface area contributed by atoms with Gasteiger partial charge < -0.3 is 9.84 Å². The molecule has 3 nitrogen and oxygen atoms in total. The van der Waals surface area contributed by atoms with Crippen LogP contribution in [0.5, 0.6) is 0 Å². The van der Waals surface area contributed by atoms with Crippen molar-refractivity contribution in [2.75, 3.05) is 13.2 Å². The highest BCUT2D eigenvalue weighted by molar-refractivity contribution is 5.70. The van der Waals surface area contributed by atoms with Gasteiger partial charge in [-0.05, 0) is 55.3 Å². The Morgan fingerprint density at radius 3 is 2.50 bits per heavy atom. The molecule has 0 aromatic carbocycles. The Bertz CT molecular complexity index is 280. The highest BCUT2D eigenvalue weighted by Crippen LogP contribution is 2.65. The van der Waals surface area contributed by atoms with E-state index in [1.165, 1.54) is 32.1 Å². The molecule has 4 fully saturated rings. The van der Waals surface area contributed by atoms with Gasteiger partial charge in [0, 0.05) is 0 Å². The minimum absolute atomic E-state index is 0.0629. The molecule has 2 unspecified atom stereocenters. The number of hydrogen-bond acceptors (Lipinski definition) is 3. The lowest BCUT2D eigenvalue weighted by atomic mass is 9.68. The van der Waals surface area contributed by atoms with Gasteiger partial charge in [0.15, 0.2) is 0 Å². The zero-order valence-corrected chi connectivity index (χ0v) is 9.65. The summed E-state index contributed by atoms with van der Waals surface area (Å²) in [6.07, 6.45) is 7.17. The van der Waals surface area contributed by atoms with Gasteiger partial charge in [0.05, 0.1) is 13.0 Å². The largest absolute Gasteiger partial charge is 0.463 e. The van der Waals surface area contributed by atoms with E-state index in [0.717, 1.165) is 17.8 Å². The quantitative estimate of drug-likeness (QED) is 0.740. The van der Waals surface area contributed by atoms with E-state index in [0.29, 0.717) is 6.42 Å². The third-order valence-corrected chi connectivity index (χ3v) is 4.92. The molecule has 0 radical (unpaired) electrons. The maximum Gasteiger partial charge on any atom is 0.306 e. The van der Waals surface area contributed by atoms with Crippen LogP contribution in [0.3, 0.4) is 0 Å². The van der Waals surface area contributed by atoms with E-state index in [-0.39, 0.29) is 24.6 Å². The van der Waals surface area contributed by atoms with Crippen LogP contribution in [-0.4, -0.2) is 24.3 Å². The minimum atomic E-state index is -0.101. The Morgan fingerprint density at radius 2 is 1.94 bits per heavy atom. The third kappa shape index (κ3) is 1.65. The molecular formula is C13H20O3. The lowest BCUT2D eigenvalue weighted by Crippen LogP contribution is -2.30. The Hall–Kier alpha value is -0.570. The standard InChI is InChI=1S/C13H20O3/c14-1-2-16-12(15)8-13-5-9-3-10(6-13)11(4-9)7-13/h9-11,14H,1-8H2. The fraction of sp³-hybridized carbons (Fsp3) is 0.923. The van der Waals surface area contributed by atoms with Gasteiger partial charge in [-0.25, -0.2) is 0 Å². The maximum absolute atomic E-state index is 11.6. The van der Waals surface area contributed by atoms with Crippen LogP contribution in [0.25, 0.3) is 0 Å². The summed E-state index contributed by atoms with van der Waals surface area (Å²) in [6.45, 7) is 0.0951. The van der Waals surface area contributed by atoms with E-state index in [4.69, 9.17) is 9.84 Å². The van der Waals surface area contributed by atoms with Crippen LogP contribution in [0.4, 0.5) is 0 Å². The molecule has 0 aliphatic heterocycles. The fourth-order valence-corrected chi connectivity index (χ4v) is 4.71. The molecule has 0 aromatic heterocycles. The van der Waals surface area contributed by atoms with Gasteiger partial charge in [-0.15, -0.1) is 0 Å². The van der Waals surface area contributed by atoms with E-state index in [9.17, 15) is 4.79 Å².